The van der Waals surface area contributed by atoms with Gasteiger partial charge in [0.1, 0.15) is 5.69 Å². The van der Waals surface area contributed by atoms with Gasteiger partial charge in [0.05, 0.1) is 6.21 Å². The lowest BCUT2D eigenvalue weighted by Gasteiger charge is -2.00. The minimum absolute atomic E-state index is 0.338. The molecule has 2 N–H and O–H groups in total. The Hall–Kier alpha value is -2.02. The normalized spacial score (nSPS) is 10.8. The average Bonchev–Trinajstić information content (AvgIpc) is 2.34. The number of hydrogen-bond acceptors (Lipinski definition) is 5. The molecule has 2 rings (SSSR count). The second kappa shape index (κ2) is 5.54. The van der Waals surface area contributed by atoms with Gasteiger partial charge in [0.15, 0.2) is 5.82 Å². The number of aromatic nitrogens is 3. The zero-order valence-corrected chi connectivity index (χ0v) is 11.1. The molecular weight excluding hydrogens is 298 g/mol. The first-order valence-corrected chi connectivity index (χ1v) is 5.92. The third-order valence-corrected chi connectivity index (χ3v) is 2.60. The molecule has 0 unspecified atom stereocenters. The Kier molecular flexibility index (Phi) is 3.83. The van der Waals surface area contributed by atoms with Crippen molar-refractivity contribution in [1.82, 2.24) is 15.2 Å². The number of anilines is 1. The van der Waals surface area contributed by atoms with Crippen LogP contribution in [-0.4, -0.2) is 21.4 Å². The van der Waals surface area contributed by atoms with E-state index < -0.39 is 5.69 Å². The molecule has 1 aromatic heterocycles. The Morgan fingerprint density at radius 2 is 2.33 bits per heavy atom. The van der Waals surface area contributed by atoms with E-state index in [1.165, 1.54) is 0 Å². The van der Waals surface area contributed by atoms with Crippen molar-refractivity contribution in [2.75, 3.05) is 5.43 Å². The van der Waals surface area contributed by atoms with Crippen molar-refractivity contribution < 1.29 is 0 Å². The predicted molar refractivity (Wildman–Crippen MR) is 72.7 cm³/mol. The fraction of sp³-hybridized carbons (Fsp3) is 0.0909. The summed E-state index contributed by atoms with van der Waals surface area (Å²) in [5.74, 6) is 0.338. The molecule has 92 valence electrons. The van der Waals surface area contributed by atoms with Gasteiger partial charge in [0, 0.05) is 4.47 Å². The standard InChI is InChI=1S/C11H10BrN5O/c1-7-10(14-11(18)17-15-7)16-13-6-8-3-2-4-9(12)5-8/h2-6H,1H3,(H2,14,16,17,18). The summed E-state index contributed by atoms with van der Waals surface area (Å²) < 4.78 is 0.971. The van der Waals surface area contributed by atoms with E-state index in [1.54, 1.807) is 13.1 Å². The van der Waals surface area contributed by atoms with Crippen molar-refractivity contribution in [2.24, 2.45) is 5.10 Å². The van der Waals surface area contributed by atoms with Gasteiger partial charge in [-0.2, -0.15) is 15.2 Å². The maximum atomic E-state index is 11.0. The summed E-state index contributed by atoms with van der Waals surface area (Å²) in [4.78, 5) is 14.7. The molecule has 1 aromatic carbocycles. The molecule has 0 spiro atoms. The van der Waals surface area contributed by atoms with Gasteiger partial charge in [-0.25, -0.2) is 9.89 Å². The van der Waals surface area contributed by atoms with Gasteiger partial charge < -0.3 is 0 Å². The van der Waals surface area contributed by atoms with Gasteiger partial charge in [0.25, 0.3) is 0 Å². The minimum Gasteiger partial charge on any atom is -0.260 e. The molecule has 0 radical (unpaired) electrons. The highest BCUT2D eigenvalue weighted by molar-refractivity contribution is 9.10. The molecule has 7 heteroatoms. The van der Waals surface area contributed by atoms with E-state index in [4.69, 9.17) is 0 Å². The summed E-state index contributed by atoms with van der Waals surface area (Å²) in [6.07, 6.45) is 1.63. The summed E-state index contributed by atoms with van der Waals surface area (Å²) in [5, 5.41) is 10.0. The molecule has 0 bridgehead atoms. The summed E-state index contributed by atoms with van der Waals surface area (Å²) in [5.41, 5.74) is 3.66. The second-order valence-electron chi connectivity index (χ2n) is 3.50. The average molecular weight is 308 g/mol. The van der Waals surface area contributed by atoms with E-state index in [-0.39, 0.29) is 0 Å². The molecule has 0 aliphatic rings. The first kappa shape index (κ1) is 12.4. The first-order valence-electron chi connectivity index (χ1n) is 5.13. The molecule has 18 heavy (non-hydrogen) atoms. The molecule has 0 saturated carbocycles. The number of aryl methyl sites for hydroxylation is 1. The van der Waals surface area contributed by atoms with Gasteiger partial charge in [0.2, 0.25) is 0 Å². The zero-order chi connectivity index (χ0) is 13.0. The monoisotopic (exact) mass is 307 g/mol. The van der Waals surface area contributed by atoms with Crippen molar-refractivity contribution in [2.45, 2.75) is 6.92 Å². The maximum absolute atomic E-state index is 11.0. The van der Waals surface area contributed by atoms with Gasteiger partial charge in [-0.05, 0) is 24.6 Å². The van der Waals surface area contributed by atoms with Crippen LogP contribution in [0.2, 0.25) is 0 Å². The van der Waals surface area contributed by atoms with Crippen LogP contribution in [0.3, 0.4) is 0 Å². The van der Waals surface area contributed by atoms with Crippen LogP contribution in [-0.2, 0) is 0 Å². The summed E-state index contributed by atoms with van der Waals surface area (Å²) in [7, 11) is 0. The third kappa shape index (κ3) is 3.24. The fourth-order valence-corrected chi connectivity index (χ4v) is 1.67. The Morgan fingerprint density at radius 3 is 3.11 bits per heavy atom. The van der Waals surface area contributed by atoms with Crippen molar-refractivity contribution >= 4 is 28.0 Å². The number of benzene rings is 1. The second-order valence-corrected chi connectivity index (χ2v) is 4.42. The fourth-order valence-electron chi connectivity index (χ4n) is 1.25. The Balaban J connectivity index is 2.12. The Bertz CT molecular complexity index is 637. The molecule has 0 aliphatic heterocycles. The molecule has 0 fully saturated rings. The lowest BCUT2D eigenvalue weighted by Crippen LogP contribution is -2.15. The van der Waals surface area contributed by atoms with Crippen LogP contribution in [0.1, 0.15) is 11.3 Å². The minimum atomic E-state index is -0.513. The predicted octanol–water partition coefficient (Wildman–Crippen LogP) is 1.68. The van der Waals surface area contributed by atoms with Crippen LogP contribution in [0.15, 0.2) is 38.6 Å². The van der Waals surface area contributed by atoms with Crippen LogP contribution >= 0.6 is 15.9 Å². The van der Waals surface area contributed by atoms with Crippen LogP contribution in [0.4, 0.5) is 5.82 Å². The summed E-state index contributed by atoms with van der Waals surface area (Å²) in [6.45, 7) is 1.72. The smallest absolute Gasteiger partial charge is 0.260 e. The molecule has 6 nitrogen and oxygen atoms in total. The van der Waals surface area contributed by atoms with Gasteiger partial charge in [-0.3, -0.25) is 5.43 Å². The van der Waals surface area contributed by atoms with Crippen molar-refractivity contribution in [3.05, 3.63) is 50.5 Å². The molecule has 0 atom stereocenters. The number of rotatable bonds is 3. The number of hydrogen-bond donors (Lipinski definition) is 2. The van der Waals surface area contributed by atoms with E-state index in [0.717, 1.165) is 10.0 Å². The number of nitrogens with zero attached hydrogens (tertiary/aromatic N) is 3. The molecule has 0 aliphatic carbocycles. The number of aromatic amines is 1. The van der Waals surface area contributed by atoms with Gasteiger partial charge in [-0.1, -0.05) is 28.1 Å². The van der Waals surface area contributed by atoms with Crippen LogP contribution in [0.25, 0.3) is 0 Å². The topological polar surface area (TPSA) is 83.0 Å². The van der Waals surface area contributed by atoms with Gasteiger partial charge >= 0.3 is 5.69 Å². The SMILES string of the molecule is Cc1n[nH]c(=O)nc1NN=Cc1cccc(Br)c1. The lowest BCUT2D eigenvalue weighted by molar-refractivity contribution is 0.879. The number of H-pyrrole nitrogens is 1. The zero-order valence-electron chi connectivity index (χ0n) is 9.51. The van der Waals surface area contributed by atoms with E-state index in [2.05, 4.69) is 41.6 Å². The molecular formula is C11H10BrN5O. The van der Waals surface area contributed by atoms with E-state index in [9.17, 15) is 4.79 Å². The highest BCUT2D eigenvalue weighted by Gasteiger charge is 1.99. The summed E-state index contributed by atoms with van der Waals surface area (Å²) in [6, 6.07) is 7.66. The van der Waals surface area contributed by atoms with Crippen molar-refractivity contribution in [3.63, 3.8) is 0 Å². The maximum Gasteiger partial charge on any atom is 0.363 e. The van der Waals surface area contributed by atoms with Crippen molar-refractivity contribution in [3.8, 4) is 0 Å². The van der Waals surface area contributed by atoms with E-state index in [1.807, 2.05) is 24.3 Å². The van der Waals surface area contributed by atoms with E-state index in [0.29, 0.717) is 11.5 Å². The highest BCUT2D eigenvalue weighted by atomic mass is 79.9. The highest BCUT2D eigenvalue weighted by Crippen LogP contribution is 2.10. The van der Waals surface area contributed by atoms with Gasteiger partial charge in [-0.15, -0.1) is 0 Å². The third-order valence-electron chi connectivity index (χ3n) is 2.11. The Labute approximate surface area is 111 Å². The Morgan fingerprint density at radius 1 is 1.50 bits per heavy atom. The number of nitrogens with one attached hydrogen (secondary N) is 2. The summed E-state index contributed by atoms with van der Waals surface area (Å²) >= 11 is 3.37. The van der Waals surface area contributed by atoms with Crippen LogP contribution in [0, 0.1) is 6.92 Å². The molecule has 0 amide bonds. The quantitative estimate of drug-likeness (QED) is 0.667. The first-order chi connectivity index (χ1) is 8.65. The van der Waals surface area contributed by atoms with Crippen LogP contribution < -0.4 is 11.1 Å². The largest absolute Gasteiger partial charge is 0.363 e. The molecule has 2 aromatic rings. The lowest BCUT2D eigenvalue weighted by atomic mass is 10.2. The molecule has 0 saturated heterocycles. The number of hydrazone groups is 1. The van der Waals surface area contributed by atoms with Crippen molar-refractivity contribution in [1.29, 1.82) is 0 Å². The van der Waals surface area contributed by atoms with Crippen LogP contribution in [0.5, 0.6) is 0 Å². The van der Waals surface area contributed by atoms with E-state index >= 15 is 0 Å². The number of halogens is 1. The molecule has 1 heterocycles.